The van der Waals surface area contributed by atoms with Crippen molar-refractivity contribution >= 4 is 11.9 Å². The summed E-state index contributed by atoms with van der Waals surface area (Å²) in [5, 5.41) is 29.7. The van der Waals surface area contributed by atoms with Crippen LogP contribution < -0.4 is 21.6 Å². The molecule has 12 heteroatoms. The first kappa shape index (κ1) is 22.0. The normalized spacial score (nSPS) is 10.6. The number of hydrogen-bond donors (Lipinski definition) is 6. The first-order valence-corrected chi connectivity index (χ1v) is 8.07. The van der Waals surface area contributed by atoms with E-state index < -0.39 is 11.9 Å². The van der Waals surface area contributed by atoms with Crippen molar-refractivity contribution in [3.8, 4) is 11.5 Å². The van der Waals surface area contributed by atoms with Crippen molar-refractivity contribution in [2.24, 2.45) is 5.90 Å². The van der Waals surface area contributed by atoms with Gasteiger partial charge in [0.2, 0.25) is 0 Å². The highest BCUT2D eigenvalue weighted by molar-refractivity contribution is 6.05. The molecule has 2 aromatic carbocycles. The van der Waals surface area contributed by atoms with Crippen molar-refractivity contribution in [3.05, 3.63) is 58.7 Å². The molecule has 0 saturated heterocycles. The second kappa shape index (κ2) is 10.9. The molecule has 0 spiro atoms. The minimum absolute atomic E-state index is 0.00139. The van der Waals surface area contributed by atoms with E-state index in [1.165, 1.54) is 24.3 Å². The highest BCUT2D eigenvalue weighted by Crippen LogP contribution is 2.19. The van der Waals surface area contributed by atoms with Gasteiger partial charge in [-0.1, -0.05) is 11.1 Å². The molecule has 0 atom stereocenters. The summed E-state index contributed by atoms with van der Waals surface area (Å²) in [6.07, 6.45) is 0. The lowest BCUT2D eigenvalue weighted by Crippen LogP contribution is -2.34. The first-order valence-electron chi connectivity index (χ1n) is 8.07. The predicted octanol–water partition coefficient (Wildman–Crippen LogP) is 0.673. The largest absolute Gasteiger partial charge is 0.508 e. The molecule has 7 N–H and O–H groups in total. The van der Waals surface area contributed by atoms with Crippen LogP contribution in [0.1, 0.15) is 31.8 Å². The van der Waals surface area contributed by atoms with Gasteiger partial charge in [-0.15, -0.1) is 0 Å². The Morgan fingerprint density at radius 2 is 1.83 bits per heavy atom. The van der Waals surface area contributed by atoms with Crippen LogP contribution in [0.25, 0.3) is 0 Å². The average Bonchev–Trinajstić information content (AvgIpc) is 2.69. The van der Waals surface area contributed by atoms with Crippen LogP contribution in [0.15, 0.2) is 36.4 Å². The molecule has 2 aromatic rings. The Hall–Kier alpha value is -3.26. The van der Waals surface area contributed by atoms with E-state index in [0.29, 0.717) is 11.1 Å². The average molecular weight is 409 g/mol. The van der Waals surface area contributed by atoms with Gasteiger partial charge in [0.15, 0.2) is 5.75 Å². The lowest BCUT2D eigenvalue weighted by Gasteiger charge is -2.12. The summed E-state index contributed by atoms with van der Waals surface area (Å²) in [5.41, 5.74) is 3.19. The number of nitrogens with one attached hydrogen (secondary N) is 2. The van der Waals surface area contributed by atoms with Crippen molar-refractivity contribution < 1.29 is 44.7 Å². The Kier molecular flexibility index (Phi) is 8.29. The third-order valence-corrected chi connectivity index (χ3v) is 3.67. The van der Waals surface area contributed by atoms with Gasteiger partial charge in [0.05, 0.1) is 24.4 Å². The first-order chi connectivity index (χ1) is 14.0. The number of amides is 1. The van der Waals surface area contributed by atoms with Crippen LogP contribution in [-0.2, 0) is 27.9 Å². The fraction of sp³-hybridized carbons (Fsp3) is 0.176. The number of carbonyl (C=O) groups excluding carboxylic acids is 1. The molecule has 0 saturated carbocycles. The van der Waals surface area contributed by atoms with Gasteiger partial charge in [0.1, 0.15) is 12.4 Å². The van der Waals surface area contributed by atoms with E-state index in [4.69, 9.17) is 16.0 Å². The lowest BCUT2D eigenvalue weighted by atomic mass is 10.1. The quantitative estimate of drug-likeness (QED) is 0.133. The zero-order valence-corrected chi connectivity index (χ0v) is 15.0. The maximum Gasteiger partial charge on any atom is 0.336 e. The van der Waals surface area contributed by atoms with Crippen LogP contribution in [0.2, 0.25) is 0 Å². The van der Waals surface area contributed by atoms with Crippen molar-refractivity contribution in [3.63, 3.8) is 0 Å². The van der Waals surface area contributed by atoms with Gasteiger partial charge in [0.25, 0.3) is 5.91 Å². The molecule has 1 amide bonds. The second-order valence-electron chi connectivity index (χ2n) is 5.53. The number of benzene rings is 2. The van der Waals surface area contributed by atoms with Crippen molar-refractivity contribution in [2.75, 3.05) is 6.67 Å². The monoisotopic (exact) mass is 409 g/mol. The molecule has 0 heterocycles. The maximum atomic E-state index is 12.3. The number of carbonyl (C=O) groups is 2. The summed E-state index contributed by atoms with van der Waals surface area (Å²) >= 11 is 0. The summed E-state index contributed by atoms with van der Waals surface area (Å²) in [7, 11) is 0. The van der Waals surface area contributed by atoms with Crippen molar-refractivity contribution in [1.82, 2.24) is 10.8 Å². The summed E-state index contributed by atoms with van der Waals surface area (Å²) in [6.45, 7) is -0.264. The van der Waals surface area contributed by atoms with E-state index in [1.807, 2.05) is 0 Å². The van der Waals surface area contributed by atoms with Crippen LogP contribution in [0.4, 0.5) is 0 Å². The molecule has 0 fully saturated rings. The number of phenolic OH excluding ortho intramolecular Hbond substituents is 1. The molecule has 0 aliphatic heterocycles. The molecule has 0 radical (unpaired) electrons. The molecular weight excluding hydrogens is 390 g/mol. The molecular formula is C17H19N3O9. The highest BCUT2D eigenvalue weighted by Gasteiger charge is 2.18. The number of nitrogens with two attached hydrogens (primary N) is 1. The number of carboxylic acid groups (broad SMARTS) is 1. The zero-order chi connectivity index (χ0) is 21.2. The van der Waals surface area contributed by atoms with E-state index in [1.54, 1.807) is 6.07 Å². The van der Waals surface area contributed by atoms with Crippen LogP contribution in [0.3, 0.4) is 0 Å². The number of hydroxylamine groups is 1. The van der Waals surface area contributed by atoms with Gasteiger partial charge in [-0.05, 0) is 41.5 Å². The van der Waals surface area contributed by atoms with Gasteiger partial charge in [-0.2, -0.15) is 11.4 Å². The summed E-state index contributed by atoms with van der Waals surface area (Å²) in [4.78, 5) is 41.4. The summed E-state index contributed by atoms with van der Waals surface area (Å²) < 4.78 is 0. The maximum absolute atomic E-state index is 12.3. The predicted molar refractivity (Wildman–Crippen MR) is 95.1 cm³/mol. The van der Waals surface area contributed by atoms with Crippen molar-refractivity contribution in [2.45, 2.75) is 13.2 Å². The van der Waals surface area contributed by atoms with Crippen LogP contribution in [-0.4, -0.2) is 34.0 Å². The minimum atomic E-state index is -1.30. The van der Waals surface area contributed by atoms with Gasteiger partial charge >= 0.3 is 5.97 Å². The van der Waals surface area contributed by atoms with E-state index in [9.17, 15) is 19.8 Å². The van der Waals surface area contributed by atoms with E-state index in [0.717, 1.165) is 6.07 Å². The van der Waals surface area contributed by atoms with E-state index in [2.05, 4.69) is 25.6 Å². The van der Waals surface area contributed by atoms with Gasteiger partial charge < -0.3 is 20.4 Å². The number of hydrogen-bond acceptors (Lipinski definition) is 10. The Balaban J connectivity index is 1.90. The van der Waals surface area contributed by atoms with Gasteiger partial charge in [-0.3, -0.25) is 14.9 Å². The van der Waals surface area contributed by atoms with Gasteiger partial charge in [-0.25, -0.2) is 9.68 Å². The number of carboxylic acids is 1. The molecule has 156 valence electrons. The number of phenols is 1. The van der Waals surface area contributed by atoms with E-state index >= 15 is 0 Å². The SMILES string of the molecule is NOOc1ccc(C(=O)O)c(C(=O)NCNOCc2ccc(O)cc2COO)c1. The molecule has 0 aliphatic carbocycles. The number of aromatic hydroxyl groups is 1. The molecule has 29 heavy (non-hydrogen) atoms. The topological polar surface area (TPSA) is 182 Å². The summed E-state index contributed by atoms with van der Waals surface area (Å²) in [5.74, 6) is 2.81. The van der Waals surface area contributed by atoms with Crippen LogP contribution >= 0.6 is 0 Å². The fourth-order valence-electron chi connectivity index (χ4n) is 2.35. The number of rotatable bonds is 11. The lowest BCUT2D eigenvalue weighted by molar-refractivity contribution is -0.253. The third-order valence-electron chi connectivity index (χ3n) is 3.67. The van der Waals surface area contributed by atoms with Crippen LogP contribution in [0.5, 0.6) is 11.5 Å². The highest BCUT2D eigenvalue weighted by atomic mass is 17.3. The standard InChI is InChI=1S/C17H19N3O9/c18-29-28-13-3-4-14(17(23)24)15(6-13)16(22)19-9-20-26-7-10-1-2-12(21)5-11(10)8-27-25/h1-6,20-21,25H,7-9,18H2,(H,19,22)(H,23,24). The molecule has 0 aromatic heterocycles. The van der Waals surface area contributed by atoms with E-state index in [-0.39, 0.29) is 42.5 Å². The Bertz CT molecular complexity index is 860. The molecule has 2 rings (SSSR count). The zero-order valence-electron chi connectivity index (χ0n) is 15.0. The summed E-state index contributed by atoms with van der Waals surface area (Å²) in [6, 6.07) is 8.03. The molecule has 12 nitrogen and oxygen atoms in total. The molecule has 0 unspecified atom stereocenters. The Morgan fingerprint density at radius 3 is 2.52 bits per heavy atom. The van der Waals surface area contributed by atoms with Crippen molar-refractivity contribution in [1.29, 1.82) is 0 Å². The molecule has 0 bridgehead atoms. The Labute approximate surface area is 164 Å². The fourth-order valence-corrected chi connectivity index (χ4v) is 2.35. The third kappa shape index (κ3) is 6.39. The number of aromatic carboxylic acids is 1. The van der Waals surface area contributed by atoms with Crippen LogP contribution in [0, 0.1) is 0 Å². The second-order valence-corrected chi connectivity index (χ2v) is 5.53. The molecule has 0 aliphatic rings. The Morgan fingerprint density at radius 1 is 1.03 bits per heavy atom. The minimum Gasteiger partial charge on any atom is -0.508 e. The smallest absolute Gasteiger partial charge is 0.336 e. The van der Waals surface area contributed by atoms with Gasteiger partial charge in [0, 0.05) is 0 Å².